The molecule has 1 amide bonds. The van der Waals surface area contributed by atoms with E-state index >= 15 is 0 Å². The van der Waals surface area contributed by atoms with Crippen LogP contribution >= 0.6 is 0 Å². The lowest BCUT2D eigenvalue weighted by atomic mass is 9.65. The molecule has 3 aliphatic carbocycles. The van der Waals surface area contributed by atoms with Gasteiger partial charge in [-0.3, -0.25) is 4.79 Å². The Kier molecular flexibility index (Phi) is 4.81. The molecule has 3 aliphatic rings. The molecule has 3 nitrogen and oxygen atoms in total. The lowest BCUT2D eigenvalue weighted by Crippen LogP contribution is -2.50. The number of carbonyl (C=O) groups is 1. The van der Waals surface area contributed by atoms with Crippen molar-refractivity contribution in [3.63, 3.8) is 0 Å². The first-order valence-corrected chi connectivity index (χ1v) is 9.93. The number of fused-ring (bicyclic) bond motifs is 2. The van der Waals surface area contributed by atoms with Crippen LogP contribution < -0.4 is 11.1 Å². The summed E-state index contributed by atoms with van der Waals surface area (Å²) in [7, 11) is 0. The lowest BCUT2D eigenvalue weighted by molar-refractivity contribution is -0.129. The van der Waals surface area contributed by atoms with E-state index in [2.05, 4.69) is 5.32 Å². The number of nitrogens with two attached hydrogens (primary N) is 1. The Morgan fingerprint density at radius 1 is 1.04 bits per heavy atom. The Balaban J connectivity index is 1.46. The van der Waals surface area contributed by atoms with Crippen molar-refractivity contribution >= 4 is 5.91 Å². The number of halogens is 1. The zero-order valence-corrected chi connectivity index (χ0v) is 14.8. The second kappa shape index (κ2) is 7.06. The van der Waals surface area contributed by atoms with Gasteiger partial charge in [-0.15, -0.1) is 0 Å². The third kappa shape index (κ3) is 3.46. The normalized spacial score (nSPS) is 33.4. The summed E-state index contributed by atoms with van der Waals surface area (Å²) in [6.07, 6.45) is 8.98. The van der Waals surface area contributed by atoms with Gasteiger partial charge in [-0.1, -0.05) is 25.0 Å². The minimum atomic E-state index is -0.225. The van der Waals surface area contributed by atoms with Gasteiger partial charge in [0, 0.05) is 12.0 Å². The standard InChI is InChI=1S/C21H29FN2O/c22-18-9-7-14(8-10-18)20(13-3-1-4-13)24-21(25)17-11-15-5-2-6-16(12-17)19(15)23/h7-10,13,15-17,19-20H,1-6,11-12,23H2,(H,24,25). The maximum absolute atomic E-state index is 13.3. The number of amides is 1. The highest BCUT2D eigenvalue weighted by Gasteiger charge is 2.41. The van der Waals surface area contributed by atoms with Gasteiger partial charge in [0.15, 0.2) is 0 Å². The van der Waals surface area contributed by atoms with Crippen LogP contribution in [0.2, 0.25) is 0 Å². The Morgan fingerprint density at radius 3 is 2.20 bits per heavy atom. The van der Waals surface area contributed by atoms with Gasteiger partial charge in [-0.25, -0.2) is 4.39 Å². The van der Waals surface area contributed by atoms with Crippen LogP contribution in [0.5, 0.6) is 0 Å². The molecular formula is C21H29FN2O. The molecule has 3 atom stereocenters. The van der Waals surface area contributed by atoms with E-state index in [-0.39, 0.29) is 29.7 Å². The van der Waals surface area contributed by atoms with Crippen molar-refractivity contribution in [1.82, 2.24) is 5.32 Å². The molecule has 1 aromatic carbocycles. The fourth-order valence-electron chi connectivity index (χ4n) is 5.19. The maximum atomic E-state index is 13.3. The summed E-state index contributed by atoms with van der Waals surface area (Å²) in [6, 6.07) is 6.96. The van der Waals surface area contributed by atoms with E-state index in [4.69, 9.17) is 5.73 Å². The molecule has 0 saturated heterocycles. The van der Waals surface area contributed by atoms with Crippen molar-refractivity contribution in [1.29, 1.82) is 0 Å². The van der Waals surface area contributed by atoms with E-state index in [0.29, 0.717) is 17.8 Å². The second-order valence-electron chi connectivity index (χ2n) is 8.43. The molecule has 2 bridgehead atoms. The fraction of sp³-hybridized carbons (Fsp3) is 0.667. The van der Waals surface area contributed by atoms with E-state index < -0.39 is 0 Å². The third-order valence-corrected chi connectivity index (χ3v) is 6.93. The monoisotopic (exact) mass is 344 g/mol. The summed E-state index contributed by atoms with van der Waals surface area (Å²) in [5.41, 5.74) is 7.40. The van der Waals surface area contributed by atoms with Crippen LogP contribution in [0.1, 0.15) is 63.0 Å². The molecule has 3 saturated carbocycles. The molecule has 25 heavy (non-hydrogen) atoms. The SMILES string of the molecule is NC1C2CCCC1CC(C(=O)NC(c1ccc(F)cc1)C1CCC1)C2. The quantitative estimate of drug-likeness (QED) is 0.869. The summed E-state index contributed by atoms with van der Waals surface area (Å²) in [6.45, 7) is 0. The van der Waals surface area contributed by atoms with Crippen LogP contribution in [0.3, 0.4) is 0 Å². The summed E-state index contributed by atoms with van der Waals surface area (Å²) >= 11 is 0. The Morgan fingerprint density at radius 2 is 1.64 bits per heavy atom. The minimum absolute atomic E-state index is 0.0253. The van der Waals surface area contributed by atoms with Gasteiger partial charge in [-0.05, 0) is 74.0 Å². The van der Waals surface area contributed by atoms with E-state index in [1.54, 1.807) is 0 Å². The second-order valence-corrected chi connectivity index (χ2v) is 8.43. The average Bonchev–Trinajstić information content (AvgIpc) is 2.53. The van der Waals surface area contributed by atoms with Gasteiger partial charge in [0.2, 0.25) is 5.91 Å². The highest BCUT2D eigenvalue weighted by Crippen LogP contribution is 2.43. The third-order valence-electron chi connectivity index (χ3n) is 6.93. The molecule has 0 spiro atoms. The summed E-state index contributed by atoms with van der Waals surface area (Å²) in [5, 5.41) is 3.33. The maximum Gasteiger partial charge on any atom is 0.223 e. The van der Waals surface area contributed by atoms with E-state index in [1.807, 2.05) is 12.1 Å². The topological polar surface area (TPSA) is 55.1 Å². The van der Waals surface area contributed by atoms with Gasteiger partial charge >= 0.3 is 0 Å². The van der Waals surface area contributed by atoms with Crippen LogP contribution in [0.15, 0.2) is 24.3 Å². The summed E-state index contributed by atoms with van der Waals surface area (Å²) in [5.74, 6) is 1.56. The van der Waals surface area contributed by atoms with Crippen molar-refractivity contribution in [3.8, 4) is 0 Å². The van der Waals surface area contributed by atoms with Gasteiger partial charge in [0.05, 0.1) is 6.04 Å². The smallest absolute Gasteiger partial charge is 0.223 e. The van der Waals surface area contributed by atoms with Crippen LogP contribution in [0.4, 0.5) is 4.39 Å². The number of hydrogen-bond donors (Lipinski definition) is 2. The summed E-state index contributed by atoms with van der Waals surface area (Å²) in [4.78, 5) is 13.0. The Labute approximate surface area is 149 Å². The predicted octanol–water partition coefficient (Wildman–Crippen LogP) is 3.94. The van der Waals surface area contributed by atoms with Crippen molar-refractivity contribution in [2.24, 2.45) is 29.4 Å². The first kappa shape index (κ1) is 17.0. The van der Waals surface area contributed by atoms with E-state index in [0.717, 1.165) is 31.2 Å². The highest BCUT2D eigenvalue weighted by molar-refractivity contribution is 5.79. The summed E-state index contributed by atoms with van der Waals surface area (Å²) < 4.78 is 13.3. The van der Waals surface area contributed by atoms with Gasteiger partial charge < -0.3 is 11.1 Å². The van der Waals surface area contributed by atoms with Crippen molar-refractivity contribution in [3.05, 3.63) is 35.6 Å². The molecule has 0 radical (unpaired) electrons. The van der Waals surface area contributed by atoms with Gasteiger partial charge in [-0.2, -0.15) is 0 Å². The number of hydrogen-bond acceptors (Lipinski definition) is 2. The molecule has 4 heteroatoms. The van der Waals surface area contributed by atoms with Crippen molar-refractivity contribution in [2.45, 2.75) is 63.5 Å². The number of benzene rings is 1. The molecule has 0 aliphatic heterocycles. The Hall–Kier alpha value is -1.42. The van der Waals surface area contributed by atoms with E-state index in [9.17, 15) is 9.18 Å². The molecule has 3 fully saturated rings. The first-order chi connectivity index (χ1) is 12.1. The predicted molar refractivity (Wildman–Crippen MR) is 96.2 cm³/mol. The van der Waals surface area contributed by atoms with Gasteiger partial charge in [0.25, 0.3) is 0 Å². The molecule has 3 unspecified atom stereocenters. The molecule has 136 valence electrons. The van der Waals surface area contributed by atoms with Crippen molar-refractivity contribution < 1.29 is 9.18 Å². The first-order valence-electron chi connectivity index (χ1n) is 9.93. The van der Waals surface area contributed by atoms with Crippen molar-refractivity contribution in [2.75, 3.05) is 0 Å². The van der Waals surface area contributed by atoms with E-state index in [1.165, 1.54) is 37.8 Å². The number of carbonyl (C=O) groups excluding carboxylic acids is 1. The van der Waals surface area contributed by atoms with Crippen LogP contribution in [0.25, 0.3) is 0 Å². The molecule has 0 heterocycles. The fourth-order valence-corrected chi connectivity index (χ4v) is 5.19. The molecule has 3 N–H and O–H groups in total. The zero-order valence-electron chi connectivity index (χ0n) is 14.8. The zero-order chi connectivity index (χ0) is 17.4. The number of rotatable bonds is 4. The van der Waals surface area contributed by atoms with Crippen LogP contribution in [0, 0.1) is 29.5 Å². The average molecular weight is 344 g/mol. The van der Waals surface area contributed by atoms with Crippen LogP contribution in [-0.2, 0) is 4.79 Å². The molecular weight excluding hydrogens is 315 g/mol. The van der Waals surface area contributed by atoms with Gasteiger partial charge in [0.1, 0.15) is 5.82 Å². The number of nitrogens with one attached hydrogen (secondary N) is 1. The highest BCUT2D eigenvalue weighted by atomic mass is 19.1. The van der Waals surface area contributed by atoms with Crippen LogP contribution in [-0.4, -0.2) is 11.9 Å². The largest absolute Gasteiger partial charge is 0.349 e. The molecule has 1 aromatic rings. The Bertz CT molecular complexity index is 599. The minimum Gasteiger partial charge on any atom is -0.349 e. The molecule has 4 rings (SSSR count). The lowest BCUT2D eigenvalue weighted by Gasteiger charge is -2.44. The molecule has 0 aromatic heterocycles.